The number of benzene rings is 1. The Morgan fingerprint density at radius 1 is 1.47 bits per heavy atom. The van der Waals surface area contributed by atoms with Gasteiger partial charge in [-0.2, -0.15) is 5.10 Å². The lowest BCUT2D eigenvalue weighted by molar-refractivity contribution is 0.613. The highest BCUT2D eigenvalue weighted by atomic mass is 35.5. The smallest absolute Gasteiger partial charge is 0.129 e. The van der Waals surface area contributed by atoms with Crippen LogP contribution in [-0.4, -0.2) is 9.78 Å². The van der Waals surface area contributed by atoms with Crippen molar-refractivity contribution >= 4 is 17.3 Å². The van der Waals surface area contributed by atoms with Gasteiger partial charge in [-0.1, -0.05) is 17.7 Å². The average Bonchev–Trinajstić information content (AvgIpc) is 2.76. The Morgan fingerprint density at radius 2 is 2.29 bits per heavy atom. The molecule has 0 amide bonds. The molecule has 5 heteroatoms. The maximum absolute atomic E-state index is 13.5. The largest absolute Gasteiger partial charge is 0.378 e. The van der Waals surface area contributed by atoms with E-state index in [1.807, 2.05) is 13.1 Å². The molecule has 1 heterocycles. The maximum Gasteiger partial charge on any atom is 0.129 e. The van der Waals surface area contributed by atoms with Gasteiger partial charge in [0.15, 0.2) is 0 Å². The Bertz CT molecular complexity index is 490. The lowest BCUT2D eigenvalue weighted by Crippen LogP contribution is -2.02. The van der Waals surface area contributed by atoms with Crippen LogP contribution in [0.4, 0.5) is 10.1 Å². The molecule has 0 aliphatic carbocycles. The summed E-state index contributed by atoms with van der Waals surface area (Å²) in [6, 6.07) is 4.67. The SMILES string of the molecule is CCn1cc(NCc2c(F)cccc2Cl)cn1. The highest BCUT2D eigenvalue weighted by molar-refractivity contribution is 6.31. The van der Waals surface area contributed by atoms with Crippen LogP contribution in [0.2, 0.25) is 5.02 Å². The van der Waals surface area contributed by atoms with Crippen molar-refractivity contribution in [3.05, 3.63) is 47.0 Å². The second-order valence-corrected chi connectivity index (χ2v) is 4.05. The number of hydrogen-bond acceptors (Lipinski definition) is 2. The zero-order chi connectivity index (χ0) is 12.3. The summed E-state index contributed by atoms with van der Waals surface area (Å²) in [6.07, 6.45) is 3.58. The molecule has 0 aliphatic rings. The van der Waals surface area contributed by atoms with Crippen molar-refractivity contribution < 1.29 is 4.39 Å². The molecule has 0 bridgehead atoms. The van der Waals surface area contributed by atoms with E-state index >= 15 is 0 Å². The molecule has 0 fully saturated rings. The standard InChI is InChI=1S/C12H13ClFN3/c1-2-17-8-9(6-16-17)15-7-10-11(13)4-3-5-12(10)14/h3-6,8,15H,2,7H2,1H3. The van der Waals surface area contributed by atoms with Crippen LogP contribution in [0.1, 0.15) is 12.5 Å². The van der Waals surface area contributed by atoms with E-state index < -0.39 is 0 Å². The summed E-state index contributed by atoms with van der Waals surface area (Å²) in [5.41, 5.74) is 1.32. The first-order chi connectivity index (χ1) is 8.20. The van der Waals surface area contributed by atoms with E-state index in [4.69, 9.17) is 11.6 Å². The summed E-state index contributed by atoms with van der Waals surface area (Å²) >= 11 is 5.93. The predicted molar refractivity (Wildman–Crippen MR) is 66.6 cm³/mol. The van der Waals surface area contributed by atoms with Crippen LogP contribution >= 0.6 is 11.6 Å². The van der Waals surface area contributed by atoms with Crippen LogP contribution in [0.3, 0.4) is 0 Å². The Kier molecular flexibility index (Phi) is 3.64. The van der Waals surface area contributed by atoms with E-state index in [1.165, 1.54) is 6.07 Å². The number of halogens is 2. The summed E-state index contributed by atoms with van der Waals surface area (Å²) < 4.78 is 15.3. The van der Waals surface area contributed by atoms with Gasteiger partial charge in [-0.25, -0.2) is 4.39 Å². The zero-order valence-corrected chi connectivity index (χ0v) is 10.2. The molecule has 2 rings (SSSR count). The zero-order valence-electron chi connectivity index (χ0n) is 9.45. The van der Waals surface area contributed by atoms with Crippen molar-refractivity contribution in [1.29, 1.82) is 0 Å². The van der Waals surface area contributed by atoms with Crippen LogP contribution in [0.5, 0.6) is 0 Å². The second kappa shape index (κ2) is 5.19. The van der Waals surface area contributed by atoms with Gasteiger partial charge in [0.05, 0.1) is 11.9 Å². The van der Waals surface area contributed by atoms with Gasteiger partial charge in [-0.3, -0.25) is 4.68 Å². The lowest BCUT2D eigenvalue weighted by Gasteiger charge is -2.06. The van der Waals surface area contributed by atoms with E-state index in [0.29, 0.717) is 17.1 Å². The molecule has 0 aliphatic heterocycles. The maximum atomic E-state index is 13.5. The number of nitrogens with one attached hydrogen (secondary N) is 1. The quantitative estimate of drug-likeness (QED) is 0.906. The average molecular weight is 254 g/mol. The number of rotatable bonds is 4. The summed E-state index contributed by atoms with van der Waals surface area (Å²) in [7, 11) is 0. The molecule has 1 aromatic carbocycles. The normalized spacial score (nSPS) is 10.5. The number of hydrogen-bond donors (Lipinski definition) is 1. The minimum absolute atomic E-state index is 0.298. The summed E-state index contributed by atoms with van der Waals surface area (Å²) in [5, 5.41) is 7.64. The monoisotopic (exact) mass is 253 g/mol. The third-order valence-corrected chi connectivity index (χ3v) is 2.84. The third kappa shape index (κ3) is 2.77. The third-order valence-electron chi connectivity index (χ3n) is 2.49. The molecule has 90 valence electrons. The van der Waals surface area contributed by atoms with E-state index in [1.54, 1.807) is 23.0 Å². The Morgan fingerprint density at radius 3 is 2.94 bits per heavy atom. The van der Waals surface area contributed by atoms with Crippen molar-refractivity contribution in [2.75, 3.05) is 5.32 Å². The van der Waals surface area contributed by atoms with E-state index in [0.717, 1.165) is 12.2 Å². The topological polar surface area (TPSA) is 29.9 Å². The van der Waals surface area contributed by atoms with Gasteiger partial charge in [0, 0.05) is 29.9 Å². The van der Waals surface area contributed by atoms with Crippen LogP contribution in [0.25, 0.3) is 0 Å². The molecule has 0 atom stereocenters. The minimum atomic E-state index is -0.298. The summed E-state index contributed by atoms with van der Waals surface area (Å²) in [4.78, 5) is 0. The van der Waals surface area contributed by atoms with E-state index in [-0.39, 0.29) is 5.82 Å². The van der Waals surface area contributed by atoms with Crippen molar-refractivity contribution in [3.63, 3.8) is 0 Å². The fraction of sp³-hybridized carbons (Fsp3) is 0.250. The molecular weight excluding hydrogens is 241 g/mol. The first kappa shape index (κ1) is 11.9. The number of nitrogens with zero attached hydrogens (tertiary/aromatic N) is 2. The van der Waals surface area contributed by atoms with Gasteiger partial charge in [0.25, 0.3) is 0 Å². The van der Waals surface area contributed by atoms with Crippen molar-refractivity contribution in [1.82, 2.24) is 9.78 Å². The second-order valence-electron chi connectivity index (χ2n) is 3.64. The fourth-order valence-electron chi connectivity index (χ4n) is 1.52. The predicted octanol–water partition coefficient (Wildman–Crippen LogP) is 3.31. The van der Waals surface area contributed by atoms with Crippen LogP contribution < -0.4 is 5.32 Å². The van der Waals surface area contributed by atoms with Gasteiger partial charge < -0.3 is 5.32 Å². The first-order valence-electron chi connectivity index (χ1n) is 5.40. The van der Waals surface area contributed by atoms with E-state index in [2.05, 4.69) is 10.4 Å². The molecule has 0 saturated carbocycles. The molecule has 1 aromatic heterocycles. The Hall–Kier alpha value is -1.55. The molecule has 0 radical (unpaired) electrons. The van der Waals surface area contributed by atoms with Crippen molar-refractivity contribution in [2.24, 2.45) is 0 Å². The lowest BCUT2D eigenvalue weighted by atomic mass is 10.2. The molecule has 3 nitrogen and oxygen atoms in total. The van der Waals surface area contributed by atoms with Gasteiger partial charge in [-0.15, -0.1) is 0 Å². The molecule has 1 N–H and O–H groups in total. The Labute approximate surface area is 104 Å². The van der Waals surface area contributed by atoms with Gasteiger partial charge in [0.1, 0.15) is 5.82 Å². The van der Waals surface area contributed by atoms with Crippen LogP contribution in [0, 0.1) is 5.82 Å². The molecule has 0 spiro atoms. The number of aromatic nitrogens is 2. The molecular formula is C12H13ClFN3. The highest BCUT2D eigenvalue weighted by Crippen LogP contribution is 2.20. The molecule has 17 heavy (non-hydrogen) atoms. The molecule has 2 aromatic rings. The number of aryl methyl sites for hydroxylation is 1. The van der Waals surface area contributed by atoms with Gasteiger partial charge in [-0.05, 0) is 19.1 Å². The molecule has 0 saturated heterocycles. The van der Waals surface area contributed by atoms with E-state index in [9.17, 15) is 4.39 Å². The highest BCUT2D eigenvalue weighted by Gasteiger charge is 2.06. The molecule has 0 unspecified atom stereocenters. The van der Waals surface area contributed by atoms with Crippen LogP contribution in [-0.2, 0) is 13.1 Å². The summed E-state index contributed by atoms with van der Waals surface area (Å²) in [5.74, 6) is -0.298. The fourth-order valence-corrected chi connectivity index (χ4v) is 1.75. The minimum Gasteiger partial charge on any atom is -0.378 e. The number of anilines is 1. The van der Waals surface area contributed by atoms with Crippen molar-refractivity contribution in [3.8, 4) is 0 Å². The van der Waals surface area contributed by atoms with Crippen molar-refractivity contribution in [2.45, 2.75) is 20.0 Å². The first-order valence-corrected chi connectivity index (χ1v) is 5.77. The van der Waals surface area contributed by atoms with Gasteiger partial charge in [0.2, 0.25) is 0 Å². The Balaban J connectivity index is 2.07. The summed E-state index contributed by atoms with van der Waals surface area (Å²) in [6.45, 7) is 3.16. The van der Waals surface area contributed by atoms with Crippen LogP contribution in [0.15, 0.2) is 30.6 Å². The van der Waals surface area contributed by atoms with Gasteiger partial charge >= 0.3 is 0 Å².